The van der Waals surface area contributed by atoms with Crippen molar-refractivity contribution in [3.8, 4) is 0 Å². The van der Waals surface area contributed by atoms with E-state index in [1.54, 1.807) is 0 Å². The molecule has 0 saturated heterocycles. The lowest BCUT2D eigenvalue weighted by Gasteiger charge is -2.11. The van der Waals surface area contributed by atoms with Gasteiger partial charge in [-0.05, 0) is 12.8 Å². The van der Waals surface area contributed by atoms with Crippen LogP contribution in [0.25, 0.3) is 0 Å². The molecule has 2 heterocycles. The van der Waals surface area contributed by atoms with Crippen molar-refractivity contribution in [1.29, 1.82) is 0 Å². The molecule has 1 aromatic rings. The number of hydrogen-bond acceptors (Lipinski definition) is 5. The SMILES string of the molecule is C=C1CCc2cc(S(N)(=O)=O)oc2S1(=O)=O. The first kappa shape index (κ1) is 11.4. The molecule has 0 aromatic carbocycles. The van der Waals surface area contributed by atoms with E-state index in [0.717, 1.165) is 6.07 Å². The first-order valence-electron chi connectivity index (χ1n) is 4.31. The van der Waals surface area contributed by atoms with Gasteiger partial charge < -0.3 is 4.42 Å². The molecule has 0 aliphatic carbocycles. The predicted octanol–water partition coefficient (Wildman–Crippen LogP) is 0.161. The first-order chi connectivity index (χ1) is 7.23. The number of allylic oxidation sites excluding steroid dienone is 1. The molecule has 88 valence electrons. The van der Waals surface area contributed by atoms with E-state index >= 15 is 0 Å². The van der Waals surface area contributed by atoms with Crippen LogP contribution in [0.2, 0.25) is 0 Å². The van der Waals surface area contributed by atoms with Crippen molar-refractivity contribution in [3.05, 3.63) is 23.1 Å². The second-order valence-electron chi connectivity index (χ2n) is 3.47. The summed E-state index contributed by atoms with van der Waals surface area (Å²) >= 11 is 0. The summed E-state index contributed by atoms with van der Waals surface area (Å²) in [5, 5.41) is 3.97. The lowest BCUT2D eigenvalue weighted by molar-refractivity contribution is 0.366. The minimum absolute atomic E-state index is 0.0234. The maximum Gasteiger partial charge on any atom is 0.271 e. The van der Waals surface area contributed by atoms with E-state index in [1.165, 1.54) is 0 Å². The average molecular weight is 263 g/mol. The molecule has 0 spiro atoms. The molecule has 0 atom stereocenters. The molecular weight excluding hydrogens is 254 g/mol. The van der Waals surface area contributed by atoms with Gasteiger partial charge in [0.25, 0.3) is 10.0 Å². The van der Waals surface area contributed by atoms with Crippen LogP contribution in [0.3, 0.4) is 0 Å². The zero-order valence-electron chi connectivity index (χ0n) is 8.13. The molecule has 0 amide bonds. The summed E-state index contributed by atoms with van der Waals surface area (Å²) in [6.45, 7) is 3.41. The number of fused-ring (bicyclic) bond motifs is 1. The van der Waals surface area contributed by atoms with Gasteiger partial charge in [0.2, 0.25) is 20.0 Å². The van der Waals surface area contributed by atoms with E-state index in [-0.39, 0.29) is 16.4 Å². The van der Waals surface area contributed by atoms with Crippen LogP contribution in [0.1, 0.15) is 12.0 Å². The minimum atomic E-state index is -4.03. The molecule has 0 radical (unpaired) electrons. The lowest BCUT2D eigenvalue weighted by atomic mass is 10.2. The van der Waals surface area contributed by atoms with Crippen molar-refractivity contribution in [1.82, 2.24) is 0 Å². The largest absolute Gasteiger partial charge is 0.431 e. The van der Waals surface area contributed by atoms with Crippen molar-refractivity contribution in [2.24, 2.45) is 5.14 Å². The Bertz CT molecular complexity index is 665. The topological polar surface area (TPSA) is 107 Å². The average Bonchev–Trinajstić information content (AvgIpc) is 2.56. The summed E-state index contributed by atoms with van der Waals surface area (Å²) < 4.78 is 50.2. The highest BCUT2D eigenvalue weighted by Gasteiger charge is 2.33. The maximum absolute atomic E-state index is 11.7. The summed E-state index contributed by atoms with van der Waals surface area (Å²) in [6, 6.07) is 1.15. The maximum atomic E-state index is 11.7. The Balaban J connectivity index is 2.72. The fourth-order valence-corrected chi connectivity index (χ4v) is 3.37. The molecule has 0 saturated carbocycles. The second-order valence-corrected chi connectivity index (χ2v) is 6.91. The molecule has 0 bridgehead atoms. The van der Waals surface area contributed by atoms with Gasteiger partial charge in [-0.3, -0.25) is 0 Å². The molecule has 16 heavy (non-hydrogen) atoms. The molecule has 8 heteroatoms. The highest BCUT2D eigenvalue weighted by atomic mass is 32.2. The van der Waals surface area contributed by atoms with Crippen LogP contribution < -0.4 is 5.14 Å². The van der Waals surface area contributed by atoms with Gasteiger partial charge in [-0.15, -0.1) is 0 Å². The molecule has 2 N–H and O–H groups in total. The third-order valence-corrected chi connectivity index (χ3v) is 4.89. The number of rotatable bonds is 1. The number of sulfone groups is 1. The summed E-state index contributed by atoms with van der Waals surface area (Å²) in [5.41, 5.74) is 0.330. The third kappa shape index (κ3) is 1.58. The van der Waals surface area contributed by atoms with E-state index in [0.29, 0.717) is 12.0 Å². The number of furan rings is 1. The fraction of sp³-hybridized carbons (Fsp3) is 0.250. The number of hydrogen-bond donors (Lipinski definition) is 1. The molecule has 2 rings (SSSR count). The monoisotopic (exact) mass is 263 g/mol. The van der Waals surface area contributed by atoms with Gasteiger partial charge in [0, 0.05) is 16.5 Å². The van der Waals surface area contributed by atoms with Gasteiger partial charge in [-0.2, -0.15) is 0 Å². The molecule has 1 aromatic heterocycles. The smallest absolute Gasteiger partial charge is 0.271 e. The van der Waals surface area contributed by atoms with Crippen LogP contribution in [-0.4, -0.2) is 16.8 Å². The Morgan fingerprint density at radius 2 is 2.00 bits per heavy atom. The number of primary sulfonamides is 1. The summed E-state index contributed by atoms with van der Waals surface area (Å²) in [5.74, 6) is 0. The highest BCUT2D eigenvalue weighted by molar-refractivity contribution is 7.95. The van der Waals surface area contributed by atoms with Crippen LogP contribution in [0.4, 0.5) is 0 Å². The summed E-state index contributed by atoms with van der Waals surface area (Å²) in [6.07, 6.45) is 0.644. The molecular formula is C8H9NO5S2. The Hall–Kier alpha value is -1.12. The van der Waals surface area contributed by atoms with E-state index < -0.39 is 25.0 Å². The highest BCUT2D eigenvalue weighted by Crippen LogP contribution is 2.34. The van der Waals surface area contributed by atoms with Gasteiger partial charge in [0.15, 0.2) is 0 Å². The Morgan fingerprint density at radius 1 is 1.38 bits per heavy atom. The van der Waals surface area contributed by atoms with Crippen LogP contribution in [0.15, 0.2) is 32.2 Å². The number of aryl methyl sites for hydroxylation is 1. The van der Waals surface area contributed by atoms with Gasteiger partial charge in [0.1, 0.15) is 0 Å². The van der Waals surface area contributed by atoms with Gasteiger partial charge >= 0.3 is 0 Å². The summed E-state index contributed by atoms with van der Waals surface area (Å²) in [7, 11) is -7.77. The Labute approximate surface area is 92.7 Å². The van der Waals surface area contributed by atoms with Crippen molar-refractivity contribution in [3.63, 3.8) is 0 Å². The van der Waals surface area contributed by atoms with Crippen molar-refractivity contribution in [2.45, 2.75) is 23.0 Å². The zero-order valence-corrected chi connectivity index (χ0v) is 9.77. The van der Waals surface area contributed by atoms with Gasteiger partial charge in [-0.1, -0.05) is 6.58 Å². The standard InChI is InChI=1S/C8H9NO5S2/c1-5-2-3-6-4-7(16(9,12)13)14-8(6)15(5,10)11/h4H,1-3H2,(H2,9,12,13). The molecule has 1 aliphatic heterocycles. The molecule has 0 unspecified atom stereocenters. The minimum Gasteiger partial charge on any atom is -0.431 e. The first-order valence-corrected chi connectivity index (χ1v) is 7.34. The fourth-order valence-electron chi connectivity index (χ4n) is 1.47. The van der Waals surface area contributed by atoms with Gasteiger partial charge in [-0.25, -0.2) is 22.0 Å². The van der Waals surface area contributed by atoms with Crippen molar-refractivity contribution >= 4 is 19.9 Å². The number of nitrogens with two attached hydrogens (primary N) is 1. The number of sulfonamides is 1. The van der Waals surface area contributed by atoms with Crippen molar-refractivity contribution in [2.75, 3.05) is 0 Å². The Morgan fingerprint density at radius 3 is 2.56 bits per heavy atom. The van der Waals surface area contributed by atoms with E-state index in [1.807, 2.05) is 0 Å². The predicted molar refractivity (Wildman–Crippen MR) is 54.7 cm³/mol. The lowest BCUT2D eigenvalue weighted by Crippen LogP contribution is -2.11. The Kier molecular flexibility index (Phi) is 2.26. The van der Waals surface area contributed by atoms with Crippen LogP contribution >= 0.6 is 0 Å². The normalized spacial score (nSPS) is 19.4. The summed E-state index contributed by atoms with van der Waals surface area (Å²) in [4.78, 5) is 0.0234. The van der Waals surface area contributed by atoms with E-state index in [4.69, 9.17) is 9.56 Å². The van der Waals surface area contributed by atoms with Crippen molar-refractivity contribution < 1.29 is 21.3 Å². The van der Waals surface area contributed by atoms with E-state index in [2.05, 4.69) is 6.58 Å². The molecule has 1 aliphatic rings. The van der Waals surface area contributed by atoms with Crippen LogP contribution in [0, 0.1) is 0 Å². The van der Waals surface area contributed by atoms with Crippen LogP contribution in [0.5, 0.6) is 0 Å². The quantitative estimate of drug-likeness (QED) is 0.776. The van der Waals surface area contributed by atoms with Crippen LogP contribution in [-0.2, 0) is 26.3 Å². The van der Waals surface area contributed by atoms with Gasteiger partial charge in [0.05, 0.1) is 0 Å². The molecule has 6 nitrogen and oxygen atoms in total. The van der Waals surface area contributed by atoms with E-state index in [9.17, 15) is 16.8 Å². The molecule has 0 fully saturated rings. The zero-order chi connectivity index (χ0) is 12.1. The second kappa shape index (κ2) is 3.19. The third-order valence-electron chi connectivity index (χ3n) is 2.33.